The van der Waals surface area contributed by atoms with Crippen LogP contribution in [0.1, 0.15) is 17.9 Å². The van der Waals surface area contributed by atoms with E-state index >= 15 is 0 Å². The van der Waals surface area contributed by atoms with Gasteiger partial charge in [-0.25, -0.2) is 9.97 Å². The van der Waals surface area contributed by atoms with Gasteiger partial charge in [0.15, 0.2) is 0 Å². The molecule has 0 aliphatic rings. The molecule has 0 saturated carbocycles. The molecule has 1 N–H and O–H groups in total. The second-order valence-corrected chi connectivity index (χ2v) is 5.56. The number of hydrogen-bond acceptors (Lipinski definition) is 8. The molecule has 3 aromatic rings. The predicted octanol–water partition coefficient (Wildman–Crippen LogP) is 3.17. The maximum Gasteiger partial charge on any atom is 0.223 e. The molecular weight excluding hydrogens is 332 g/mol. The first kappa shape index (κ1) is 17.5. The fourth-order valence-electron chi connectivity index (χ4n) is 2.54. The third-order valence-electron chi connectivity index (χ3n) is 3.74. The number of rotatable bonds is 8. The Morgan fingerprint density at radius 3 is 2.81 bits per heavy atom. The average Bonchev–Trinajstić information content (AvgIpc) is 3.00. The van der Waals surface area contributed by atoms with E-state index in [1.54, 1.807) is 24.8 Å². The molecule has 3 heterocycles. The number of nitrogens with zero attached hydrogens (tertiary/aromatic N) is 5. The molecule has 0 aromatic carbocycles. The smallest absolute Gasteiger partial charge is 0.223 e. The van der Waals surface area contributed by atoms with Crippen LogP contribution in [-0.4, -0.2) is 38.2 Å². The van der Waals surface area contributed by atoms with E-state index in [9.17, 15) is 0 Å². The van der Waals surface area contributed by atoms with Gasteiger partial charge in [0.2, 0.25) is 5.95 Å². The maximum absolute atomic E-state index is 5.31. The summed E-state index contributed by atoms with van der Waals surface area (Å²) in [5.41, 5.74) is 3.77. The van der Waals surface area contributed by atoms with Gasteiger partial charge in [-0.3, -0.25) is 9.97 Å². The molecule has 0 fully saturated rings. The molecular formula is C18H20N6O2. The summed E-state index contributed by atoms with van der Waals surface area (Å²) in [6.07, 6.45) is 8.92. The summed E-state index contributed by atoms with van der Waals surface area (Å²) in [5.74, 6) is 1.21. The Balaban J connectivity index is 1.94. The molecule has 8 nitrogen and oxygen atoms in total. The Labute approximate surface area is 151 Å². The summed E-state index contributed by atoms with van der Waals surface area (Å²) in [4.78, 5) is 17.6. The lowest BCUT2D eigenvalue weighted by atomic mass is 10.0. The van der Waals surface area contributed by atoms with E-state index in [0.29, 0.717) is 36.2 Å². The number of anilines is 1. The second kappa shape index (κ2) is 8.19. The largest absolute Gasteiger partial charge is 0.502 e. The molecule has 0 radical (unpaired) electrons. The van der Waals surface area contributed by atoms with E-state index in [-0.39, 0.29) is 0 Å². The Bertz CT molecular complexity index is 859. The summed E-state index contributed by atoms with van der Waals surface area (Å²) in [5, 5.41) is 7.24. The van der Waals surface area contributed by atoms with Gasteiger partial charge in [-0.2, -0.15) is 0 Å². The normalized spacial score (nSPS) is 10.5. The number of aryl methyl sites for hydroxylation is 2. The van der Waals surface area contributed by atoms with Crippen LogP contribution in [0.4, 0.5) is 5.95 Å². The van der Waals surface area contributed by atoms with Crippen LogP contribution in [0.3, 0.4) is 0 Å². The number of nitrogens with one attached hydrogen (secondary N) is 1. The lowest BCUT2D eigenvalue weighted by Gasteiger charge is -2.11. The number of ether oxygens (including phenoxy) is 1. The highest BCUT2D eigenvalue weighted by molar-refractivity contribution is 5.80. The molecule has 0 spiro atoms. The van der Waals surface area contributed by atoms with Crippen LogP contribution in [-0.2, 0) is 4.74 Å². The van der Waals surface area contributed by atoms with E-state index in [2.05, 4.69) is 37.0 Å². The van der Waals surface area contributed by atoms with Gasteiger partial charge in [0.1, 0.15) is 5.76 Å². The molecule has 3 aromatic heterocycles. The minimum absolute atomic E-state index is 0.520. The van der Waals surface area contributed by atoms with Gasteiger partial charge in [0.25, 0.3) is 0 Å². The van der Waals surface area contributed by atoms with Gasteiger partial charge in [0.05, 0.1) is 41.7 Å². The summed E-state index contributed by atoms with van der Waals surface area (Å²) in [6, 6.07) is 0. The quantitative estimate of drug-likeness (QED) is 0.487. The van der Waals surface area contributed by atoms with Crippen molar-refractivity contribution in [2.75, 3.05) is 18.5 Å². The maximum atomic E-state index is 5.31. The molecule has 0 unspecified atom stereocenters. The van der Waals surface area contributed by atoms with Crippen molar-refractivity contribution in [3.63, 3.8) is 0 Å². The van der Waals surface area contributed by atoms with Gasteiger partial charge in [-0.05, 0) is 20.3 Å². The first-order valence-electron chi connectivity index (χ1n) is 8.23. The Kier molecular flexibility index (Phi) is 5.52. The zero-order valence-electron chi connectivity index (χ0n) is 14.8. The molecule has 134 valence electrons. The summed E-state index contributed by atoms with van der Waals surface area (Å²) in [6.45, 7) is 8.53. The van der Waals surface area contributed by atoms with Crippen molar-refractivity contribution < 1.29 is 9.26 Å². The molecule has 0 bridgehead atoms. The van der Waals surface area contributed by atoms with Gasteiger partial charge in [-0.1, -0.05) is 11.7 Å². The van der Waals surface area contributed by atoms with Crippen LogP contribution < -0.4 is 5.32 Å². The van der Waals surface area contributed by atoms with Gasteiger partial charge >= 0.3 is 0 Å². The SMILES string of the molecule is C=COCCCNc1ncc(-c2cnccn2)c(-c2c(C)noc2C)n1. The van der Waals surface area contributed by atoms with Crippen molar-refractivity contribution >= 4 is 5.95 Å². The summed E-state index contributed by atoms with van der Waals surface area (Å²) in [7, 11) is 0. The number of aromatic nitrogens is 5. The Morgan fingerprint density at radius 2 is 2.12 bits per heavy atom. The Morgan fingerprint density at radius 1 is 1.23 bits per heavy atom. The van der Waals surface area contributed by atoms with Crippen molar-refractivity contribution in [3.8, 4) is 22.5 Å². The van der Waals surface area contributed by atoms with E-state index in [1.165, 1.54) is 6.26 Å². The van der Waals surface area contributed by atoms with E-state index < -0.39 is 0 Å². The Hall–Kier alpha value is -3.29. The third-order valence-corrected chi connectivity index (χ3v) is 3.74. The fraction of sp³-hybridized carbons (Fsp3) is 0.278. The molecule has 0 atom stereocenters. The molecule has 26 heavy (non-hydrogen) atoms. The van der Waals surface area contributed by atoms with Crippen LogP contribution in [0.25, 0.3) is 22.5 Å². The minimum Gasteiger partial charge on any atom is -0.502 e. The first-order valence-corrected chi connectivity index (χ1v) is 8.23. The van der Waals surface area contributed by atoms with E-state index in [0.717, 1.165) is 23.2 Å². The van der Waals surface area contributed by atoms with Crippen LogP contribution >= 0.6 is 0 Å². The predicted molar refractivity (Wildman–Crippen MR) is 97.3 cm³/mol. The highest BCUT2D eigenvalue weighted by atomic mass is 16.5. The first-order chi connectivity index (χ1) is 12.7. The molecule has 8 heteroatoms. The molecule has 0 saturated heterocycles. The fourth-order valence-corrected chi connectivity index (χ4v) is 2.54. The highest BCUT2D eigenvalue weighted by Crippen LogP contribution is 2.33. The van der Waals surface area contributed by atoms with Crippen molar-refractivity contribution in [1.29, 1.82) is 0 Å². The zero-order chi connectivity index (χ0) is 18.4. The zero-order valence-corrected chi connectivity index (χ0v) is 14.8. The summed E-state index contributed by atoms with van der Waals surface area (Å²) < 4.78 is 10.4. The molecule has 0 aliphatic heterocycles. The van der Waals surface area contributed by atoms with Gasteiger partial charge in [0, 0.05) is 30.7 Å². The minimum atomic E-state index is 0.520. The third kappa shape index (κ3) is 3.85. The van der Waals surface area contributed by atoms with Crippen LogP contribution in [0.5, 0.6) is 0 Å². The van der Waals surface area contributed by atoms with Crippen molar-refractivity contribution in [3.05, 3.63) is 49.1 Å². The molecule has 0 aliphatic carbocycles. The van der Waals surface area contributed by atoms with Crippen molar-refractivity contribution in [2.24, 2.45) is 0 Å². The molecule has 3 rings (SSSR count). The van der Waals surface area contributed by atoms with Gasteiger partial charge in [-0.15, -0.1) is 0 Å². The standard InChI is InChI=1S/C18H20N6O2/c1-4-25-9-5-6-21-18-22-10-14(15-11-19-7-8-20-15)17(23-18)16-12(2)24-26-13(16)3/h4,7-8,10-11H,1,5-6,9H2,2-3H3,(H,21,22,23). The van der Waals surface area contributed by atoms with Crippen LogP contribution in [0.2, 0.25) is 0 Å². The van der Waals surface area contributed by atoms with Gasteiger partial charge < -0.3 is 14.6 Å². The average molecular weight is 352 g/mol. The number of hydrogen-bond donors (Lipinski definition) is 1. The van der Waals surface area contributed by atoms with Crippen LogP contribution in [0.15, 0.2) is 42.2 Å². The topological polar surface area (TPSA) is 98.8 Å². The van der Waals surface area contributed by atoms with Crippen LogP contribution in [0, 0.1) is 13.8 Å². The highest BCUT2D eigenvalue weighted by Gasteiger charge is 2.19. The molecule has 0 amide bonds. The lowest BCUT2D eigenvalue weighted by Crippen LogP contribution is -2.08. The van der Waals surface area contributed by atoms with Crippen molar-refractivity contribution in [2.45, 2.75) is 20.3 Å². The monoisotopic (exact) mass is 352 g/mol. The lowest BCUT2D eigenvalue weighted by molar-refractivity contribution is 0.249. The van der Waals surface area contributed by atoms with E-state index in [4.69, 9.17) is 9.26 Å². The summed E-state index contributed by atoms with van der Waals surface area (Å²) >= 11 is 0. The van der Waals surface area contributed by atoms with E-state index in [1.807, 2.05) is 13.8 Å². The van der Waals surface area contributed by atoms with Crippen molar-refractivity contribution in [1.82, 2.24) is 25.1 Å². The second-order valence-electron chi connectivity index (χ2n) is 5.56.